The van der Waals surface area contributed by atoms with Crippen LogP contribution in [0, 0.1) is 5.92 Å². The molecular weight excluding hydrogens is 597 g/mol. The molecule has 3 aromatic heterocycles. The number of nitrogens with one attached hydrogen (secondary N) is 1. The van der Waals surface area contributed by atoms with Crippen LogP contribution in [-0.2, 0) is 14.1 Å². The minimum atomic E-state index is -3.92. The number of hydrogen-bond donors (Lipinski definition) is 1. The second-order valence-electron chi connectivity index (χ2n) is 9.74. The Hall–Kier alpha value is -4.73. The molecule has 5 aromatic rings. The smallest absolute Gasteiger partial charge is 0.364 e. The van der Waals surface area contributed by atoms with Gasteiger partial charge in [0.25, 0.3) is 5.91 Å². The van der Waals surface area contributed by atoms with Crippen molar-refractivity contribution in [1.29, 1.82) is 0 Å². The van der Waals surface area contributed by atoms with Gasteiger partial charge in [0.15, 0.2) is 0 Å². The second-order valence-corrected chi connectivity index (χ2v) is 13.1. The van der Waals surface area contributed by atoms with Crippen molar-refractivity contribution in [2.75, 3.05) is 20.3 Å². The summed E-state index contributed by atoms with van der Waals surface area (Å²) in [6.45, 7) is 1.64. The van der Waals surface area contributed by atoms with Crippen LogP contribution in [0.3, 0.4) is 0 Å². The van der Waals surface area contributed by atoms with E-state index in [1.165, 1.54) is 35.7 Å². The van der Waals surface area contributed by atoms with E-state index in [9.17, 15) is 14.2 Å². The summed E-state index contributed by atoms with van der Waals surface area (Å²) in [6.07, 6.45) is 8.21. The fourth-order valence-electron chi connectivity index (χ4n) is 4.50. The molecule has 44 heavy (non-hydrogen) atoms. The molecule has 224 valence electrons. The lowest BCUT2D eigenvalue weighted by molar-refractivity contribution is -0.144. The highest BCUT2D eigenvalue weighted by molar-refractivity contribution is 7.99. The van der Waals surface area contributed by atoms with Gasteiger partial charge < -0.3 is 14.6 Å². The van der Waals surface area contributed by atoms with Crippen molar-refractivity contribution in [1.82, 2.24) is 24.8 Å². The minimum absolute atomic E-state index is 0.168. The number of rotatable bonds is 11. The quantitative estimate of drug-likeness (QED) is 0.130. The molecule has 3 heterocycles. The van der Waals surface area contributed by atoms with Gasteiger partial charge in [-0.05, 0) is 66.7 Å². The first kappa shape index (κ1) is 30.7. The summed E-state index contributed by atoms with van der Waals surface area (Å²) in [7, 11) is -1.04. The standard InChI is InChI=1S/C32H30N5O5PS/c1-22(32(39)41-3)21-43(40,42-24-15-18-34-19-16-24)37-29-20-25(44-30-10-5-4-9-27(30)31(38)33-2)12-13-26(29)28(36-37)14-11-23-8-6-7-17-35-23/h4-20,22H,21H2,1-3H3,(H,33,38)/b14-11+/t22-,43?/m1/s1. The highest BCUT2D eigenvalue weighted by atomic mass is 32.2. The fourth-order valence-corrected chi connectivity index (χ4v) is 7.81. The number of pyridine rings is 2. The summed E-state index contributed by atoms with van der Waals surface area (Å²) in [6, 6.07) is 21.7. The maximum atomic E-state index is 14.9. The fraction of sp³-hybridized carbons (Fsp3) is 0.156. The maximum Gasteiger partial charge on any atom is 0.364 e. The number of hydrogen-bond acceptors (Lipinski definition) is 9. The van der Waals surface area contributed by atoms with Gasteiger partial charge in [-0.3, -0.25) is 24.1 Å². The molecule has 0 saturated heterocycles. The van der Waals surface area contributed by atoms with Crippen molar-refractivity contribution in [2.45, 2.75) is 16.7 Å². The molecule has 1 N–H and O–H groups in total. The number of aromatic nitrogens is 4. The Morgan fingerprint density at radius 3 is 2.52 bits per heavy atom. The first-order valence-electron chi connectivity index (χ1n) is 13.7. The summed E-state index contributed by atoms with van der Waals surface area (Å²) in [5.41, 5.74) is 2.33. The number of carbonyl (C=O) groups is 2. The van der Waals surface area contributed by atoms with E-state index in [1.807, 2.05) is 60.7 Å². The molecule has 0 spiro atoms. The predicted octanol–water partition coefficient (Wildman–Crippen LogP) is 6.44. The molecule has 0 aliphatic rings. The molecule has 0 aliphatic carbocycles. The van der Waals surface area contributed by atoms with Gasteiger partial charge >= 0.3 is 13.5 Å². The third kappa shape index (κ3) is 6.90. The molecule has 0 radical (unpaired) electrons. The number of fused-ring (bicyclic) bond motifs is 1. The van der Waals surface area contributed by atoms with E-state index >= 15 is 0 Å². The number of ether oxygens (including phenoxy) is 1. The lowest BCUT2D eigenvalue weighted by atomic mass is 10.2. The molecule has 0 bridgehead atoms. The van der Waals surface area contributed by atoms with Crippen LogP contribution in [0.25, 0.3) is 23.1 Å². The van der Waals surface area contributed by atoms with Crippen LogP contribution < -0.4 is 9.84 Å². The molecule has 2 atom stereocenters. The Labute approximate surface area is 259 Å². The monoisotopic (exact) mass is 627 g/mol. The summed E-state index contributed by atoms with van der Waals surface area (Å²) >= 11 is 1.40. The average Bonchev–Trinajstić information content (AvgIpc) is 3.42. The van der Waals surface area contributed by atoms with Crippen molar-refractivity contribution in [3.05, 3.63) is 108 Å². The molecule has 0 fully saturated rings. The van der Waals surface area contributed by atoms with Crippen LogP contribution >= 0.6 is 19.3 Å². The number of nitrogens with zero attached hydrogens (tertiary/aromatic N) is 4. The number of benzene rings is 2. The third-order valence-electron chi connectivity index (χ3n) is 6.64. The lowest BCUT2D eigenvalue weighted by Gasteiger charge is -2.22. The molecule has 10 nitrogen and oxygen atoms in total. The Kier molecular flexibility index (Phi) is 9.57. The predicted molar refractivity (Wildman–Crippen MR) is 171 cm³/mol. The number of amides is 1. The number of carbonyl (C=O) groups excluding carboxylic acids is 2. The molecule has 0 saturated carbocycles. The maximum absolute atomic E-state index is 14.9. The molecule has 2 aromatic carbocycles. The largest absolute Gasteiger partial charge is 0.469 e. The van der Waals surface area contributed by atoms with Crippen LogP contribution in [0.1, 0.15) is 28.7 Å². The molecule has 1 amide bonds. The van der Waals surface area contributed by atoms with Crippen LogP contribution in [0.15, 0.2) is 101 Å². The van der Waals surface area contributed by atoms with Gasteiger partial charge in [-0.2, -0.15) is 9.55 Å². The topological polar surface area (TPSA) is 125 Å². The van der Waals surface area contributed by atoms with Gasteiger partial charge in [0, 0.05) is 40.8 Å². The van der Waals surface area contributed by atoms with Gasteiger partial charge in [-0.25, -0.2) is 0 Å². The van der Waals surface area contributed by atoms with E-state index in [0.717, 1.165) is 15.5 Å². The van der Waals surface area contributed by atoms with Gasteiger partial charge in [-0.15, -0.1) is 0 Å². The minimum Gasteiger partial charge on any atom is -0.469 e. The van der Waals surface area contributed by atoms with Gasteiger partial charge in [0.1, 0.15) is 5.75 Å². The second kappa shape index (κ2) is 13.7. The molecule has 0 aliphatic heterocycles. The van der Waals surface area contributed by atoms with E-state index in [-0.39, 0.29) is 12.1 Å². The van der Waals surface area contributed by atoms with E-state index in [1.54, 1.807) is 44.4 Å². The first-order chi connectivity index (χ1) is 21.3. The number of methoxy groups -OCH3 is 1. The van der Waals surface area contributed by atoms with Gasteiger partial charge in [0.2, 0.25) is 0 Å². The zero-order valence-corrected chi connectivity index (χ0v) is 26.0. The SMILES string of the molecule is CNC(=O)c1ccccc1Sc1ccc2c(/C=C/c3ccccn3)nn(P(=O)(C[C@@H](C)C(=O)OC)Oc3ccncc3)c2c1. The van der Waals surface area contributed by atoms with Gasteiger partial charge in [0.05, 0.1) is 41.7 Å². The molecule has 5 rings (SSSR count). The Morgan fingerprint density at radius 2 is 1.80 bits per heavy atom. The Morgan fingerprint density at radius 1 is 1.02 bits per heavy atom. The van der Waals surface area contributed by atoms with E-state index < -0.39 is 19.4 Å². The van der Waals surface area contributed by atoms with Crippen LogP contribution in [0.4, 0.5) is 0 Å². The van der Waals surface area contributed by atoms with Crippen molar-refractivity contribution >= 4 is 54.2 Å². The van der Waals surface area contributed by atoms with Crippen molar-refractivity contribution in [2.24, 2.45) is 5.92 Å². The zero-order chi connectivity index (χ0) is 31.1. The summed E-state index contributed by atoms with van der Waals surface area (Å²) in [5, 5.41) is 8.18. The third-order valence-corrected chi connectivity index (χ3v) is 10.1. The summed E-state index contributed by atoms with van der Waals surface area (Å²) < 4.78 is 27.4. The van der Waals surface area contributed by atoms with E-state index in [4.69, 9.17) is 14.4 Å². The first-order valence-corrected chi connectivity index (χ1v) is 16.3. The Bertz CT molecular complexity index is 1860. The van der Waals surface area contributed by atoms with Crippen LogP contribution in [-0.4, -0.2) is 51.7 Å². The molecule has 1 unspecified atom stereocenters. The lowest BCUT2D eigenvalue weighted by Crippen LogP contribution is -2.21. The zero-order valence-electron chi connectivity index (χ0n) is 24.3. The van der Waals surface area contributed by atoms with Crippen molar-refractivity contribution in [3.8, 4) is 5.75 Å². The van der Waals surface area contributed by atoms with Crippen molar-refractivity contribution < 1.29 is 23.4 Å². The highest BCUT2D eigenvalue weighted by Gasteiger charge is 2.36. The van der Waals surface area contributed by atoms with Crippen molar-refractivity contribution in [3.63, 3.8) is 0 Å². The summed E-state index contributed by atoms with van der Waals surface area (Å²) in [5.74, 6) is -1.15. The normalized spacial score (nSPS) is 13.3. The van der Waals surface area contributed by atoms with Crippen LogP contribution in [0.5, 0.6) is 5.75 Å². The van der Waals surface area contributed by atoms with Crippen LogP contribution in [0.2, 0.25) is 0 Å². The van der Waals surface area contributed by atoms with E-state index in [0.29, 0.717) is 27.9 Å². The highest BCUT2D eigenvalue weighted by Crippen LogP contribution is 2.52. The Balaban J connectivity index is 1.66. The average molecular weight is 628 g/mol. The molecular formula is C32H30N5O5PS. The number of esters is 1. The summed E-state index contributed by atoms with van der Waals surface area (Å²) in [4.78, 5) is 34.9. The van der Waals surface area contributed by atoms with Gasteiger partial charge in [-0.1, -0.05) is 36.9 Å². The molecule has 12 heteroatoms. The van der Waals surface area contributed by atoms with E-state index in [2.05, 4.69) is 15.3 Å².